The van der Waals surface area contributed by atoms with Gasteiger partial charge in [0.25, 0.3) is 8.32 Å². The van der Waals surface area contributed by atoms with Gasteiger partial charge in [-0.3, -0.25) is 0 Å². The van der Waals surface area contributed by atoms with Crippen molar-refractivity contribution in [2.75, 3.05) is 71.1 Å². The Morgan fingerprint density at radius 2 is 0.429 bits per heavy atom. The summed E-state index contributed by atoms with van der Waals surface area (Å²) in [6.07, 6.45) is 0. The van der Waals surface area contributed by atoms with Gasteiger partial charge in [-0.15, -0.1) is 0 Å². The third-order valence-electron chi connectivity index (χ3n) is 7.66. The summed E-state index contributed by atoms with van der Waals surface area (Å²) >= 11 is 0. The van der Waals surface area contributed by atoms with Crippen LogP contribution in [0, 0.1) is 0 Å². The van der Waals surface area contributed by atoms with Crippen LogP contribution in [0.5, 0.6) is 0 Å². The van der Waals surface area contributed by atoms with E-state index in [0.717, 1.165) is 31.1 Å². The molecule has 3 aromatic rings. The van der Waals surface area contributed by atoms with E-state index in [1.165, 1.54) is 0 Å². The zero-order chi connectivity index (χ0) is 31.0. The number of benzene rings is 3. The summed E-state index contributed by atoms with van der Waals surface area (Å²) in [5.41, 5.74) is 0. The summed E-state index contributed by atoms with van der Waals surface area (Å²) in [6.45, 7) is 0. The van der Waals surface area contributed by atoms with E-state index in [4.69, 9.17) is 44.3 Å². The predicted molar refractivity (Wildman–Crippen MR) is 170 cm³/mol. The van der Waals surface area contributed by atoms with Crippen LogP contribution in [0.1, 0.15) is 0 Å². The first-order valence-electron chi connectivity index (χ1n) is 13.1. The van der Waals surface area contributed by atoms with Gasteiger partial charge in [0.05, 0.1) is 0 Å². The van der Waals surface area contributed by atoms with Gasteiger partial charge in [0, 0.05) is 86.7 Å². The average molecular weight is 651 g/mol. The molecule has 0 atom stereocenters. The Hall–Kier alpha value is -1.87. The van der Waals surface area contributed by atoms with Crippen LogP contribution in [-0.4, -0.2) is 106 Å². The number of hydrogen-bond acceptors (Lipinski definition) is 10. The van der Waals surface area contributed by atoms with Crippen LogP contribution in [0.2, 0.25) is 0 Å². The van der Waals surface area contributed by atoms with Gasteiger partial charge in [0.1, 0.15) is 0 Å². The first-order valence-corrected chi connectivity index (χ1v) is 20.2. The van der Waals surface area contributed by atoms with Crippen molar-refractivity contribution in [2.45, 2.75) is 0 Å². The summed E-state index contributed by atoms with van der Waals surface area (Å²) in [6, 6.07) is 24.3. The smallest absolute Gasteiger partial charge is 0.408 e. The Labute approximate surface area is 253 Å². The zero-order valence-corrected chi connectivity index (χ0v) is 30.0. The fourth-order valence-electron chi connectivity index (χ4n) is 5.39. The van der Waals surface area contributed by atoms with Crippen molar-refractivity contribution in [3.05, 3.63) is 72.8 Å². The molecule has 0 bridgehead atoms. The molecule has 14 heteroatoms. The molecule has 0 fully saturated rings. The number of hydrogen-bond donors (Lipinski definition) is 0. The maximum absolute atomic E-state index is 6.60. The third-order valence-corrected chi connectivity index (χ3v) is 19.7. The minimum absolute atomic E-state index is 0.843. The third kappa shape index (κ3) is 5.93. The Morgan fingerprint density at radius 1 is 0.262 bits per heavy atom. The largest absolute Gasteiger partial charge is 0.536 e. The molecule has 230 valence electrons. The lowest BCUT2D eigenvalue weighted by molar-refractivity contribution is 0.140. The van der Waals surface area contributed by atoms with E-state index in [9.17, 15) is 0 Å². The van der Waals surface area contributed by atoms with Gasteiger partial charge >= 0.3 is 26.4 Å². The van der Waals surface area contributed by atoms with Gasteiger partial charge < -0.3 is 44.3 Å². The lowest BCUT2D eigenvalue weighted by atomic mass is 10.3. The van der Waals surface area contributed by atoms with Crippen LogP contribution in [0.25, 0.3) is 0 Å². The molecule has 42 heavy (non-hydrogen) atoms. The normalized spacial score (nSPS) is 13.0. The maximum atomic E-state index is 6.60. The molecule has 0 amide bonds. The Balaban J connectivity index is 2.26. The van der Waals surface area contributed by atoms with Gasteiger partial charge in [0.15, 0.2) is 0 Å². The first-order chi connectivity index (χ1) is 20.2. The Morgan fingerprint density at radius 3 is 0.571 bits per heavy atom. The zero-order valence-electron chi connectivity index (χ0n) is 26.0. The molecule has 0 unspecified atom stereocenters. The minimum atomic E-state index is -3.06. The average Bonchev–Trinajstić information content (AvgIpc) is 3.07. The van der Waals surface area contributed by atoms with Gasteiger partial charge in [-0.25, -0.2) is 0 Å². The van der Waals surface area contributed by atoms with E-state index >= 15 is 0 Å². The molecule has 3 rings (SSSR count). The molecule has 0 saturated heterocycles. The van der Waals surface area contributed by atoms with Gasteiger partial charge in [-0.05, 0) is 15.6 Å². The highest BCUT2D eigenvalue weighted by Gasteiger charge is 2.46. The summed E-state index contributed by atoms with van der Waals surface area (Å²) in [5.74, 6) is 0. The maximum Gasteiger partial charge on any atom is 0.536 e. The van der Waals surface area contributed by atoms with Gasteiger partial charge in [-0.2, -0.15) is 0 Å². The number of rotatable bonds is 16. The fraction of sp³-hybridized carbons (Fsp3) is 0.357. The van der Waals surface area contributed by atoms with E-state index in [2.05, 4.69) is 36.4 Å². The van der Waals surface area contributed by atoms with E-state index in [0.29, 0.717) is 0 Å². The van der Waals surface area contributed by atoms with Crippen LogP contribution < -0.4 is 31.1 Å². The molecule has 0 aliphatic heterocycles. The van der Waals surface area contributed by atoms with Crippen molar-refractivity contribution in [2.24, 2.45) is 0 Å². The minimum Gasteiger partial charge on any atom is -0.408 e. The molecule has 0 aliphatic carbocycles. The Kier molecular flexibility index (Phi) is 12.1. The summed E-state index contributed by atoms with van der Waals surface area (Å²) < 4.78 is 58.0. The molecule has 0 saturated carbocycles. The standard InChI is InChI=1S/C28H42O10Si4/c1-29-39(23-11-17-26(18-12-23)40(30-2,31-3)32-4,24-13-19-27(20-14-24)41(33-5,34-6)35-7)25-15-21-28(22-16-25)42(36-8,37-9)38-10/h11-22H,1-10H3. The van der Waals surface area contributed by atoms with E-state index in [1.54, 1.807) is 71.1 Å². The van der Waals surface area contributed by atoms with Crippen LogP contribution in [-0.2, 0) is 44.3 Å². The molecular weight excluding hydrogens is 609 g/mol. The fourth-order valence-corrected chi connectivity index (χ4v) is 14.4. The molecule has 3 aromatic carbocycles. The second kappa shape index (κ2) is 14.7. The highest BCUT2D eigenvalue weighted by atomic mass is 28.4. The quantitative estimate of drug-likeness (QED) is 0.150. The van der Waals surface area contributed by atoms with Crippen molar-refractivity contribution in [1.82, 2.24) is 0 Å². The lowest BCUT2D eigenvalue weighted by Gasteiger charge is -2.33. The molecule has 0 N–H and O–H groups in total. The monoisotopic (exact) mass is 650 g/mol. The van der Waals surface area contributed by atoms with E-state index in [1.807, 2.05) is 36.4 Å². The highest BCUT2D eigenvalue weighted by Crippen LogP contribution is 2.14. The van der Waals surface area contributed by atoms with E-state index < -0.39 is 34.7 Å². The van der Waals surface area contributed by atoms with Gasteiger partial charge in [0.2, 0.25) is 0 Å². The second-order valence-electron chi connectivity index (χ2n) is 9.12. The van der Waals surface area contributed by atoms with Crippen molar-refractivity contribution < 1.29 is 44.3 Å². The molecule has 0 heterocycles. The van der Waals surface area contributed by atoms with Crippen LogP contribution in [0.4, 0.5) is 0 Å². The molecule has 0 spiro atoms. The summed E-state index contributed by atoms with van der Waals surface area (Å²) in [4.78, 5) is 0. The summed E-state index contributed by atoms with van der Waals surface area (Å²) in [7, 11) is 3.96. The molecule has 0 radical (unpaired) electrons. The van der Waals surface area contributed by atoms with Crippen LogP contribution in [0.3, 0.4) is 0 Å². The molecule has 0 aromatic heterocycles. The van der Waals surface area contributed by atoms with Crippen molar-refractivity contribution in [1.29, 1.82) is 0 Å². The molecular formula is C28H42O10Si4. The van der Waals surface area contributed by atoms with Crippen molar-refractivity contribution in [3.8, 4) is 0 Å². The predicted octanol–water partition coefficient (Wildman–Crippen LogP) is -0.445. The van der Waals surface area contributed by atoms with E-state index in [-0.39, 0.29) is 0 Å². The van der Waals surface area contributed by atoms with Crippen molar-refractivity contribution in [3.63, 3.8) is 0 Å². The SMILES string of the molecule is CO[Si](OC)(OC)c1ccc([Si](OC)(c2ccc([Si](OC)(OC)OC)cc2)c2ccc([Si](OC)(OC)OC)cc2)cc1. The van der Waals surface area contributed by atoms with Gasteiger partial charge in [-0.1, -0.05) is 72.8 Å². The summed E-state index contributed by atoms with van der Waals surface area (Å²) in [5, 5.41) is 5.58. The van der Waals surface area contributed by atoms with Crippen LogP contribution in [0.15, 0.2) is 72.8 Å². The lowest BCUT2D eigenvalue weighted by Crippen LogP contribution is -2.69. The first kappa shape index (κ1) is 34.6. The molecule has 0 aliphatic rings. The second-order valence-corrected chi connectivity index (χ2v) is 21.4. The topological polar surface area (TPSA) is 92.3 Å². The Bertz CT molecular complexity index is 1070. The molecule has 10 nitrogen and oxygen atoms in total. The highest BCUT2D eigenvalue weighted by molar-refractivity contribution is 7.07. The van der Waals surface area contributed by atoms with Crippen molar-refractivity contribution >= 4 is 65.9 Å². The van der Waals surface area contributed by atoms with Crippen LogP contribution >= 0.6 is 0 Å².